The van der Waals surface area contributed by atoms with Crippen molar-refractivity contribution in [1.82, 2.24) is 9.55 Å². The lowest BCUT2D eigenvalue weighted by Crippen LogP contribution is -2.22. The highest BCUT2D eigenvalue weighted by atomic mass is 32.2. The van der Waals surface area contributed by atoms with E-state index in [1.165, 1.54) is 15.5 Å². The predicted octanol–water partition coefficient (Wildman–Crippen LogP) is 3.88. The molecule has 9 heteroatoms. The lowest BCUT2D eigenvalue weighted by molar-refractivity contribution is -0.113. The normalized spacial score (nSPS) is 13.5. The van der Waals surface area contributed by atoms with Gasteiger partial charge in [-0.05, 0) is 43.4 Å². The molecule has 1 aliphatic carbocycles. The smallest absolute Gasteiger partial charge is 0.262 e. The van der Waals surface area contributed by atoms with Gasteiger partial charge in [-0.2, -0.15) is 0 Å². The van der Waals surface area contributed by atoms with E-state index in [4.69, 9.17) is 0 Å². The molecule has 1 aromatic carbocycles. The Balaban J connectivity index is 1.54. The van der Waals surface area contributed by atoms with E-state index in [-0.39, 0.29) is 17.0 Å². The first-order valence-electron chi connectivity index (χ1n) is 8.83. The summed E-state index contributed by atoms with van der Waals surface area (Å²) in [6.07, 6.45) is 4.10. The first kappa shape index (κ1) is 19.1. The van der Waals surface area contributed by atoms with Gasteiger partial charge in [0.25, 0.3) is 5.56 Å². The van der Waals surface area contributed by atoms with Crippen molar-refractivity contribution < 1.29 is 13.6 Å². The average molecular weight is 421 g/mol. The van der Waals surface area contributed by atoms with Gasteiger partial charge >= 0.3 is 0 Å². The lowest BCUT2D eigenvalue weighted by Gasteiger charge is -2.11. The number of rotatable bonds is 4. The number of aryl methyl sites for hydroxylation is 2. The Labute approximate surface area is 167 Å². The van der Waals surface area contributed by atoms with E-state index in [0.29, 0.717) is 21.4 Å². The number of anilines is 1. The maximum absolute atomic E-state index is 13.7. The molecule has 0 saturated heterocycles. The van der Waals surface area contributed by atoms with Gasteiger partial charge in [0.05, 0.1) is 16.8 Å². The van der Waals surface area contributed by atoms with Crippen LogP contribution in [0, 0.1) is 11.6 Å². The van der Waals surface area contributed by atoms with Crippen LogP contribution < -0.4 is 10.9 Å². The minimum Gasteiger partial charge on any atom is -0.323 e. The summed E-state index contributed by atoms with van der Waals surface area (Å²) < 4.78 is 28.1. The quantitative estimate of drug-likeness (QED) is 0.513. The van der Waals surface area contributed by atoms with E-state index in [9.17, 15) is 18.4 Å². The molecule has 5 nitrogen and oxygen atoms in total. The third kappa shape index (κ3) is 3.56. The van der Waals surface area contributed by atoms with E-state index >= 15 is 0 Å². The number of nitrogens with zero attached hydrogens (tertiary/aromatic N) is 2. The van der Waals surface area contributed by atoms with E-state index in [0.717, 1.165) is 49.1 Å². The van der Waals surface area contributed by atoms with Gasteiger partial charge in [-0.3, -0.25) is 14.2 Å². The Morgan fingerprint density at radius 1 is 1.32 bits per heavy atom. The topological polar surface area (TPSA) is 64.0 Å². The van der Waals surface area contributed by atoms with Crippen molar-refractivity contribution in [3.05, 3.63) is 50.6 Å². The molecule has 0 saturated carbocycles. The molecule has 0 unspecified atom stereocenters. The summed E-state index contributed by atoms with van der Waals surface area (Å²) in [5, 5.41) is 3.54. The van der Waals surface area contributed by atoms with Gasteiger partial charge in [0, 0.05) is 18.0 Å². The Morgan fingerprint density at radius 3 is 2.89 bits per heavy atom. The van der Waals surface area contributed by atoms with Gasteiger partial charge < -0.3 is 5.32 Å². The van der Waals surface area contributed by atoms with Crippen LogP contribution in [0.15, 0.2) is 28.2 Å². The Hall–Kier alpha value is -2.26. The van der Waals surface area contributed by atoms with Crippen molar-refractivity contribution in [2.75, 3.05) is 11.1 Å². The molecule has 2 aromatic heterocycles. The highest BCUT2D eigenvalue weighted by Gasteiger charge is 2.21. The molecular formula is C19H17F2N3O2S2. The monoisotopic (exact) mass is 421 g/mol. The van der Waals surface area contributed by atoms with Crippen LogP contribution in [0.4, 0.5) is 14.5 Å². The van der Waals surface area contributed by atoms with E-state index in [1.807, 2.05) is 0 Å². The minimum absolute atomic E-state index is 0.0479. The number of fused-ring (bicyclic) bond motifs is 3. The van der Waals surface area contributed by atoms with Gasteiger partial charge in [-0.25, -0.2) is 13.8 Å². The van der Waals surface area contributed by atoms with Crippen LogP contribution >= 0.6 is 23.1 Å². The molecule has 2 heterocycles. The molecule has 3 aromatic rings. The zero-order chi connectivity index (χ0) is 19.8. The molecule has 4 rings (SSSR count). The number of carbonyl (C=O) groups is 1. The zero-order valence-electron chi connectivity index (χ0n) is 15.1. The number of carbonyl (C=O) groups excluding carboxylic acids is 1. The lowest BCUT2D eigenvalue weighted by atomic mass is 9.97. The van der Waals surface area contributed by atoms with Crippen molar-refractivity contribution in [3.8, 4) is 0 Å². The molecule has 0 bridgehead atoms. The minimum atomic E-state index is -0.838. The molecule has 0 atom stereocenters. The van der Waals surface area contributed by atoms with E-state index in [2.05, 4.69) is 10.3 Å². The fourth-order valence-corrected chi connectivity index (χ4v) is 5.38. The average Bonchev–Trinajstić information content (AvgIpc) is 3.04. The summed E-state index contributed by atoms with van der Waals surface area (Å²) in [5.41, 5.74) is 0.938. The number of halogens is 2. The Kier molecular flexibility index (Phi) is 5.20. The molecule has 0 radical (unpaired) electrons. The standard InChI is InChI=1S/C19H17F2N3O2S2/c1-24-18(26)16-11-4-2-3-5-14(11)28-17(16)23-19(24)27-9-15(25)22-13-7-6-10(20)8-12(13)21/h6-8H,2-5,9H2,1H3,(H,22,25). The molecule has 146 valence electrons. The van der Waals surface area contributed by atoms with Crippen molar-refractivity contribution in [1.29, 1.82) is 0 Å². The SMILES string of the molecule is Cn1c(SCC(=O)Nc2ccc(F)cc2F)nc2sc3c(c2c1=O)CCCC3. The first-order valence-corrected chi connectivity index (χ1v) is 10.6. The fourth-order valence-electron chi connectivity index (χ4n) is 3.30. The Bertz CT molecular complexity index is 1140. The molecule has 1 N–H and O–H groups in total. The zero-order valence-corrected chi connectivity index (χ0v) is 16.7. The summed E-state index contributed by atoms with van der Waals surface area (Å²) >= 11 is 2.66. The van der Waals surface area contributed by atoms with Gasteiger partial charge in [0.1, 0.15) is 16.5 Å². The summed E-state index contributed by atoms with van der Waals surface area (Å²) in [5.74, 6) is -2.06. The third-order valence-electron chi connectivity index (χ3n) is 4.69. The molecule has 0 fully saturated rings. The van der Waals surface area contributed by atoms with Crippen LogP contribution in [0.2, 0.25) is 0 Å². The van der Waals surface area contributed by atoms with E-state index in [1.54, 1.807) is 18.4 Å². The van der Waals surface area contributed by atoms with Crippen LogP contribution in [0.1, 0.15) is 23.3 Å². The third-order valence-corrected chi connectivity index (χ3v) is 6.91. The second kappa shape index (κ2) is 7.63. The number of nitrogens with one attached hydrogen (secondary N) is 1. The van der Waals surface area contributed by atoms with Gasteiger partial charge in [-0.1, -0.05) is 11.8 Å². The van der Waals surface area contributed by atoms with Gasteiger partial charge in [-0.15, -0.1) is 11.3 Å². The van der Waals surface area contributed by atoms with Crippen molar-refractivity contribution in [2.24, 2.45) is 7.05 Å². The number of thioether (sulfide) groups is 1. The highest BCUT2D eigenvalue weighted by Crippen LogP contribution is 2.34. The van der Waals surface area contributed by atoms with Crippen LogP contribution in [-0.2, 0) is 24.7 Å². The van der Waals surface area contributed by atoms with Crippen LogP contribution in [-0.4, -0.2) is 21.2 Å². The summed E-state index contributed by atoms with van der Waals surface area (Å²) in [6.45, 7) is 0. The highest BCUT2D eigenvalue weighted by molar-refractivity contribution is 7.99. The summed E-state index contributed by atoms with van der Waals surface area (Å²) in [4.78, 5) is 31.5. The molecular weight excluding hydrogens is 404 g/mol. The molecule has 0 spiro atoms. The largest absolute Gasteiger partial charge is 0.323 e. The number of hydrogen-bond acceptors (Lipinski definition) is 5. The fraction of sp³-hybridized carbons (Fsp3) is 0.316. The molecule has 0 aliphatic heterocycles. The van der Waals surface area contributed by atoms with Crippen LogP contribution in [0.3, 0.4) is 0 Å². The van der Waals surface area contributed by atoms with Crippen LogP contribution in [0.5, 0.6) is 0 Å². The summed E-state index contributed by atoms with van der Waals surface area (Å²) in [7, 11) is 1.64. The maximum atomic E-state index is 13.7. The number of aromatic nitrogens is 2. The summed E-state index contributed by atoms with van der Waals surface area (Å²) in [6, 6.07) is 2.95. The van der Waals surface area contributed by atoms with E-state index < -0.39 is 17.5 Å². The second-order valence-corrected chi connectivity index (χ2v) is 8.64. The molecule has 1 amide bonds. The number of thiophene rings is 1. The van der Waals surface area contributed by atoms with Crippen molar-refractivity contribution in [2.45, 2.75) is 30.8 Å². The molecule has 1 aliphatic rings. The van der Waals surface area contributed by atoms with Crippen molar-refractivity contribution in [3.63, 3.8) is 0 Å². The van der Waals surface area contributed by atoms with Crippen LogP contribution in [0.25, 0.3) is 10.2 Å². The molecule has 28 heavy (non-hydrogen) atoms. The Morgan fingerprint density at radius 2 is 2.11 bits per heavy atom. The second-order valence-electron chi connectivity index (χ2n) is 6.61. The number of hydrogen-bond donors (Lipinski definition) is 1. The maximum Gasteiger partial charge on any atom is 0.262 e. The van der Waals surface area contributed by atoms with Gasteiger partial charge in [0.15, 0.2) is 5.16 Å². The van der Waals surface area contributed by atoms with Gasteiger partial charge in [0.2, 0.25) is 5.91 Å². The number of amides is 1. The van der Waals surface area contributed by atoms with Crippen molar-refractivity contribution >= 4 is 44.9 Å². The number of benzene rings is 1. The predicted molar refractivity (Wildman–Crippen MR) is 107 cm³/mol. The first-order chi connectivity index (χ1) is 13.4.